The van der Waals surface area contributed by atoms with Gasteiger partial charge in [0.25, 0.3) is 10.1 Å². The van der Waals surface area contributed by atoms with E-state index in [-0.39, 0.29) is 12.8 Å². The van der Waals surface area contributed by atoms with Gasteiger partial charge in [-0.25, -0.2) is 4.79 Å². The van der Waals surface area contributed by atoms with Gasteiger partial charge < -0.3 is 15.1 Å². The van der Waals surface area contributed by atoms with Crippen molar-refractivity contribution >= 4 is 16.1 Å². The topological polar surface area (TPSA) is 126 Å². The highest BCUT2D eigenvalue weighted by atomic mass is 32.2. The van der Waals surface area contributed by atoms with E-state index in [1.807, 2.05) is 0 Å². The van der Waals surface area contributed by atoms with Gasteiger partial charge >= 0.3 is 5.97 Å². The average molecular weight is 265 g/mol. The lowest BCUT2D eigenvalue weighted by atomic mass is 10.3. The molecule has 0 atom stereocenters. The van der Waals surface area contributed by atoms with E-state index in [2.05, 4.69) is 4.84 Å². The van der Waals surface area contributed by atoms with Crippen molar-refractivity contribution in [2.45, 2.75) is 12.8 Å². The normalized spacial score (nSPS) is 11.4. The van der Waals surface area contributed by atoms with Gasteiger partial charge in [0.2, 0.25) is 11.8 Å². The molecule has 1 rings (SSSR count). The van der Waals surface area contributed by atoms with E-state index >= 15 is 0 Å². The van der Waals surface area contributed by atoms with Crippen LogP contribution < -0.4 is 4.84 Å². The van der Waals surface area contributed by atoms with Gasteiger partial charge in [-0.1, -0.05) is 0 Å². The summed E-state index contributed by atoms with van der Waals surface area (Å²) in [7, 11) is -4.11. The smallest absolute Gasteiger partial charge is 0.333 e. The minimum Gasteiger partial charge on any atom is -0.492 e. The summed E-state index contributed by atoms with van der Waals surface area (Å²) < 4.78 is 29.6. The first-order valence-corrected chi connectivity index (χ1v) is 6.16. The second-order valence-corrected chi connectivity index (χ2v) is 4.77. The fraction of sp³-hybridized carbons (Fsp3) is 0.375. The van der Waals surface area contributed by atoms with Crippen molar-refractivity contribution in [1.29, 1.82) is 0 Å². The molecular weight excluding hydrogens is 254 g/mol. The summed E-state index contributed by atoms with van der Waals surface area (Å²) in [4.78, 5) is 15.7. The molecule has 0 bridgehead atoms. The number of nitrogens with zero attached hydrogens (tertiary/aromatic N) is 1. The Bertz CT molecular complexity index is 484. The predicted octanol–water partition coefficient (Wildman–Crippen LogP) is -0.477. The summed E-state index contributed by atoms with van der Waals surface area (Å²) in [6, 6.07) is 2.22. The van der Waals surface area contributed by atoms with Crippen LogP contribution in [-0.2, 0) is 14.9 Å². The van der Waals surface area contributed by atoms with Gasteiger partial charge in [-0.3, -0.25) is 4.55 Å². The minimum absolute atomic E-state index is 0.125. The average Bonchev–Trinajstić information content (AvgIpc) is 2.47. The monoisotopic (exact) mass is 265 g/mol. The Labute approximate surface area is 96.8 Å². The Morgan fingerprint density at radius 3 is 2.29 bits per heavy atom. The number of rotatable bonds is 5. The Morgan fingerprint density at radius 2 is 1.82 bits per heavy atom. The predicted molar refractivity (Wildman–Crippen MR) is 55.0 cm³/mol. The van der Waals surface area contributed by atoms with Crippen LogP contribution in [0.4, 0.5) is 0 Å². The summed E-state index contributed by atoms with van der Waals surface area (Å²) in [5.74, 6) is -2.35. The van der Waals surface area contributed by atoms with Crippen molar-refractivity contribution in [3.05, 3.63) is 12.1 Å². The number of hydrogen-bond donors (Lipinski definition) is 3. The molecule has 8 nitrogen and oxygen atoms in total. The standard InChI is InChI=1S/C8H11NO7S/c10-6-3-4-7(11)9(6)16-8(12)2-1-5-17(13,14)15/h3-4,10-11H,1-2,5H2,(H,13,14,15). The quantitative estimate of drug-likeness (QED) is 0.614. The number of hydrogen-bond acceptors (Lipinski definition) is 6. The number of carbonyl (C=O) groups is 1. The maximum absolute atomic E-state index is 11.2. The maximum atomic E-state index is 11.2. The van der Waals surface area contributed by atoms with Gasteiger partial charge in [0.1, 0.15) is 0 Å². The highest BCUT2D eigenvalue weighted by molar-refractivity contribution is 7.85. The zero-order chi connectivity index (χ0) is 13.1. The van der Waals surface area contributed by atoms with E-state index in [0.717, 1.165) is 12.1 Å². The van der Waals surface area contributed by atoms with Crippen LogP contribution in [0.1, 0.15) is 12.8 Å². The van der Waals surface area contributed by atoms with Crippen LogP contribution in [0, 0.1) is 0 Å². The largest absolute Gasteiger partial charge is 0.492 e. The van der Waals surface area contributed by atoms with Crippen molar-refractivity contribution in [3.8, 4) is 11.8 Å². The molecule has 1 aromatic heterocycles. The first-order chi connectivity index (χ1) is 7.79. The maximum Gasteiger partial charge on any atom is 0.333 e. The summed E-state index contributed by atoms with van der Waals surface area (Å²) in [6.45, 7) is 0. The Morgan fingerprint density at radius 1 is 1.29 bits per heavy atom. The zero-order valence-electron chi connectivity index (χ0n) is 8.61. The molecule has 0 spiro atoms. The van der Waals surface area contributed by atoms with Gasteiger partial charge in [-0.15, -0.1) is 4.73 Å². The van der Waals surface area contributed by atoms with Crippen LogP contribution in [0.3, 0.4) is 0 Å². The zero-order valence-corrected chi connectivity index (χ0v) is 9.42. The lowest BCUT2D eigenvalue weighted by molar-refractivity contribution is -0.145. The molecule has 0 radical (unpaired) electrons. The van der Waals surface area contributed by atoms with E-state index in [0.29, 0.717) is 4.73 Å². The van der Waals surface area contributed by atoms with Crippen molar-refractivity contribution in [2.75, 3.05) is 5.75 Å². The lowest BCUT2D eigenvalue weighted by Gasteiger charge is -2.06. The van der Waals surface area contributed by atoms with Crippen molar-refractivity contribution in [1.82, 2.24) is 4.73 Å². The lowest BCUT2D eigenvalue weighted by Crippen LogP contribution is -2.19. The summed E-state index contributed by atoms with van der Waals surface area (Å²) in [5.41, 5.74) is 0. The van der Waals surface area contributed by atoms with Crippen LogP contribution in [0.15, 0.2) is 12.1 Å². The van der Waals surface area contributed by atoms with Crippen LogP contribution in [0.2, 0.25) is 0 Å². The second kappa shape index (κ2) is 5.06. The molecule has 0 aliphatic rings. The molecule has 3 N–H and O–H groups in total. The molecule has 0 fully saturated rings. The molecule has 0 unspecified atom stereocenters. The third kappa shape index (κ3) is 4.33. The van der Waals surface area contributed by atoms with E-state index < -0.39 is 33.6 Å². The fourth-order valence-corrected chi connectivity index (χ4v) is 1.55. The molecule has 0 aliphatic heterocycles. The second-order valence-electron chi connectivity index (χ2n) is 3.20. The molecule has 1 heterocycles. The van der Waals surface area contributed by atoms with Crippen LogP contribution in [0.25, 0.3) is 0 Å². The Hall–Kier alpha value is -1.74. The molecule has 9 heteroatoms. The molecule has 0 saturated heterocycles. The first kappa shape index (κ1) is 13.3. The third-order valence-electron chi connectivity index (χ3n) is 1.77. The van der Waals surface area contributed by atoms with Crippen molar-refractivity contribution in [2.24, 2.45) is 0 Å². The van der Waals surface area contributed by atoms with E-state index in [4.69, 9.17) is 14.8 Å². The van der Waals surface area contributed by atoms with Crippen molar-refractivity contribution in [3.63, 3.8) is 0 Å². The SMILES string of the molecule is O=C(CCCS(=O)(=O)O)On1c(O)ccc1O. The molecular formula is C8H11NO7S. The third-order valence-corrected chi connectivity index (χ3v) is 2.58. The Kier molecular flexibility index (Phi) is 3.97. The van der Waals surface area contributed by atoms with Gasteiger partial charge in [0.15, 0.2) is 0 Å². The molecule has 0 aliphatic carbocycles. The summed E-state index contributed by atoms with van der Waals surface area (Å²) in [5, 5.41) is 18.2. The summed E-state index contributed by atoms with van der Waals surface area (Å²) in [6.07, 6.45) is -0.405. The summed E-state index contributed by atoms with van der Waals surface area (Å²) >= 11 is 0. The van der Waals surface area contributed by atoms with Gasteiger partial charge in [-0.05, 0) is 6.42 Å². The highest BCUT2D eigenvalue weighted by Crippen LogP contribution is 2.18. The van der Waals surface area contributed by atoms with Gasteiger partial charge in [0, 0.05) is 18.6 Å². The van der Waals surface area contributed by atoms with E-state index in [1.165, 1.54) is 0 Å². The molecule has 0 aromatic carbocycles. The van der Waals surface area contributed by atoms with Crippen LogP contribution in [0.5, 0.6) is 11.8 Å². The van der Waals surface area contributed by atoms with Gasteiger partial charge in [-0.2, -0.15) is 8.42 Å². The van der Waals surface area contributed by atoms with E-state index in [9.17, 15) is 13.2 Å². The first-order valence-electron chi connectivity index (χ1n) is 4.55. The molecule has 96 valence electrons. The van der Waals surface area contributed by atoms with Crippen molar-refractivity contribution < 1.29 is 32.8 Å². The van der Waals surface area contributed by atoms with Crippen LogP contribution in [-0.4, -0.2) is 39.6 Å². The number of aromatic nitrogens is 1. The van der Waals surface area contributed by atoms with Crippen LogP contribution >= 0.6 is 0 Å². The molecule has 0 saturated carbocycles. The minimum atomic E-state index is -4.11. The van der Waals surface area contributed by atoms with Gasteiger partial charge in [0.05, 0.1) is 5.75 Å². The van der Waals surface area contributed by atoms with E-state index in [1.54, 1.807) is 0 Å². The number of carbonyl (C=O) groups excluding carboxylic acids is 1. The molecule has 17 heavy (non-hydrogen) atoms. The fourth-order valence-electron chi connectivity index (χ4n) is 1.04. The number of aromatic hydroxyl groups is 2. The molecule has 1 aromatic rings. The Balaban J connectivity index is 2.46. The molecule has 0 amide bonds. The highest BCUT2D eigenvalue weighted by Gasteiger charge is 2.13.